The summed E-state index contributed by atoms with van der Waals surface area (Å²) in [6, 6.07) is 4.61. The number of hydrogen-bond acceptors (Lipinski definition) is 11. The van der Waals surface area contributed by atoms with Crippen molar-refractivity contribution in [2.75, 3.05) is 37.8 Å². The maximum Gasteiger partial charge on any atom is 0.429 e. The molecule has 3 fully saturated rings. The molecule has 5 heterocycles. The smallest absolute Gasteiger partial charge is 0.429 e. The van der Waals surface area contributed by atoms with Gasteiger partial charge in [-0.15, -0.1) is 6.42 Å². The average Bonchev–Trinajstić information content (AvgIpc) is 3.49. The number of carbonyl (C=O) groups is 1. The first-order valence-corrected chi connectivity index (χ1v) is 19.1. The third-order valence-corrected chi connectivity index (χ3v) is 10.3. The number of benzene rings is 2. The molecule has 54 heavy (non-hydrogen) atoms. The molecule has 0 bridgehead atoms. The summed E-state index contributed by atoms with van der Waals surface area (Å²) in [6.07, 6.45) is 9.32. The fraction of sp³-hybridized carbons (Fsp3) is 0.459. The Morgan fingerprint density at radius 1 is 1.11 bits per heavy atom. The molecule has 7 rings (SSSR count). The molecular weight excluding hydrogens is 728 g/mol. The van der Waals surface area contributed by atoms with Crippen LogP contribution in [0.4, 0.5) is 23.8 Å². The molecule has 17 heteroatoms. The van der Waals surface area contributed by atoms with E-state index in [1.165, 1.54) is 23.3 Å². The molecule has 286 valence electrons. The van der Waals surface area contributed by atoms with Crippen molar-refractivity contribution < 1.29 is 40.0 Å². The first-order valence-electron chi connectivity index (χ1n) is 17.7. The van der Waals surface area contributed by atoms with Gasteiger partial charge in [-0.25, -0.2) is 23.0 Å². The van der Waals surface area contributed by atoms with Crippen LogP contribution >= 0.6 is 0 Å². The van der Waals surface area contributed by atoms with E-state index in [0.717, 1.165) is 31.5 Å². The zero-order valence-electron chi connectivity index (χ0n) is 30.1. The minimum absolute atomic E-state index is 0.0378. The Kier molecular flexibility index (Phi) is 9.73. The second kappa shape index (κ2) is 14.1. The van der Waals surface area contributed by atoms with Crippen molar-refractivity contribution in [2.24, 2.45) is 5.14 Å². The molecule has 2 aromatic carbocycles. The second-order valence-electron chi connectivity index (χ2n) is 14.9. The van der Waals surface area contributed by atoms with Gasteiger partial charge < -0.3 is 13.7 Å². The highest BCUT2D eigenvalue weighted by atomic mass is 32.2. The Morgan fingerprint density at radius 2 is 1.89 bits per heavy atom. The number of pyridine rings is 1. The topological polar surface area (TPSA) is 153 Å². The first-order chi connectivity index (χ1) is 25.6. The Morgan fingerprint density at radius 3 is 2.63 bits per heavy atom. The van der Waals surface area contributed by atoms with Crippen LogP contribution in [0.25, 0.3) is 32.9 Å². The lowest BCUT2D eigenvalue weighted by molar-refractivity contribution is 0.0232. The van der Waals surface area contributed by atoms with Gasteiger partial charge in [0.05, 0.1) is 16.5 Å². The van der Waals surface area contributed by atoms with Crippen LogP contribution in [0.15, 0.2) is 30.5 Å². The Hall–Kier alpha value is -4.92. The Bertz CT molecular complexity index is 2300. The fourth-order valence-electron chi connectivity index (χ4n) is 7.71. The SMILES string of the molecule is C#Cc1c(F)ccc2cc(OS(N)(=O)=O)cc(-c3ncc4c(N5CCCCCN5C(=O)OC(C)(C)C)nc(OC[C@@]56CCCN5C[C@H](F)C6)nc4c3F)c12. The molecular formula is C37H40F3N7O6S. The van der Waals surface area contributed by atoms with Crippen molar-refractivity contribution >= 4 is 43.9 Å². The van der Waals surface area contributed by atoms with E-state index in [1.807, 2.05) is 0 Å². The molecule has 3 saturated heterocycles. The van der Waals surface area contributed by atoms with Gasteiger partial charge in [0, 0.05) is 43.2 Å². The van der Waals surface area contributed by atoms with E-state index in [1.54, 1.807) is 25.8 Å². The van der Waals surface area contributed by atoms with Crippen molar-refractivity contribution in [1.29, 1.82) is 0 Å². The minimum Gasteiger partial charge on any atom is -0.461 e. The van der Waals surface area contributed by atoms with E-state index < -0.39 is 45.3 Å². The van der Waals surface area contributed by atoms with Crippen LogP contribution < -0.4 is 19.1 Å². The van der Waals surface area contributed by atoms with E-state index in [-0.39, 0.29) is 82.2 Å². The first kappa shape index (κ1) is 37.4. The summed E-state index contributed by atoms with van der Waals surface area (Å²) >= 11 is 0. The number of aromatic nitrogens is 3. The van der Waals surface area contributed by atoms with Crippen LogP contribution in [0, 0.1) is 24.0 Å². The number of fused-ring (bicyclic) bond motifs is 3. The maximum absolute atomic E-state index is 17.3. The summed E-state index contributed by atoms with van der Waals surface area (Å²) < 4.78 is 87.8. The zero-order chi connectivity index (χ0) is 38.6. The lowest BCUT2D eigenvalue weighted by atomic mass is 9.95. The van der Waals surface area contributed by atoms with E-state index in [2.05, 4.69) is 20.8 Å². The van der Waals surface area contributed by atoms with Crippen molar-refractivity contribution in [3.63, 3.8) is 0 Å². The standard InChI is InChI=1S/C37H40F3N7O6S/c1-5-25-28(39)11-10-22-16-24(53-54(41,49)50)17-26(29(22)25)31-30(40)32-27(19-42-31)33(46-14-7-6-8-15-47(46)35(48)52-36(2,3)4)44-34(43-32)51-21-37-12-9-13-45(37)20-23(38)18-37/h1,10-11,16-17,19,23H,6-9,12-15,18,20-21H2,2-4H3,(H2,41,49,50)/t23-,37+/m1/s1. The average molecular weight is 768 g/mol. The van der Waals surface area contributed by atoms with Gasteiger partial charge in [0.2, 0.25) is 0 Å². The van der Waals surface area contributed by atoms with Gasteiger partial charge >= 0.3 is 22.4 Å². The molecule has 1 amide bonds. The highest BCUT2D eigenvalue weighted by Gasteiger charge is 2.49. The van der Waals surface area contributed by atoms with Crippen LogP contribution in [-0.4, -0.2) is 89.5 Å². The highest BCUT2D eigenvalue weighted by Crippen LogP contribution is 2.42. The van der Waals surface area contributed by atoms with Crippen molar-refractivity contribution in [3.05, 3.63) is 47.7 Å². The Balaban J connectivity index is 1.43. The number of terminal acetylenes is 1. The van der Waals surface area contributed by atoms with Gasteiger partial charge in [0.1, 0.15) is 41.2 Å². The molecule has 4 aromatic rings. The summed E-state index contributed by atoms with van der Waals surface area (Å²) in [4.78, 5) is 29.3. The third-order valence-electron chi connectivity index (χ3n) is 9.91. The van der Waals surface area contributed by atoms with E-state index in [0.29, 0.717) is 25.8 Å². The lowest BCUT2D eigenvalue weighted by Gasteiger charge is -2.36. The number of carbonyl (C=O) groups excluding carboxylic acids is 1. The van der Waals surface area contributed by atoms with Crippen molar-refractivity contribution in [1.82, 2.24) is 24.9 Å². The molecule has 0 aliphatic carbocycles. The van der Waals surface area contributed by atoms with Crippen molar-refractivity contribution in [2.45, 2.75) is 76.6 Å². The number of ether oxygens (including phenoxy) is 2. The zero-order valence-corrected chi connectivity index (χ0v) is 30.9. The van der Waals surface area contributed by atoms with Gasteiger partial charge in [-0.2, -0.15) is 23.5 Å². The summed E-state index contributed by atoms with van der Waals surface area (Å²) in [6.45, 7) is 6.89. The number of nitrogens with zero attached hydrogens (tertiary/aromatic N) is 6. The molecule has 2 N–H and O–H groups in total. The number of halogens is 3. The van der Waals surface area contributed by atoms with Crippen LogP contribution in [-0.2, 0) is 15.0 Å². The number of rotatable bonds is 7. The van der Waals surface area contributed by atoms with Crippen molar-refractivity contribution in [3.8, 4) is 35.4 Å². The Labute approximate surface area is 310 Å². The highest BCUT2D eigenvalue weighted by molar-refractivity contribution is 7.84. The molecule has 0 spiro atoms. The monoisotopic (exact) mass is 767 g/mol. The largest absolute Gasteiger partial charge is 0.461 e. The summed E-state index contributed by atoms with van der Waals surface area (Å²) in [5.41, 5.74) is -2.37. The summed E-state index contributed by atoms with van der Waals surface area (Å²) in [5, 5.41) is 8.55. The van der Waals surface area contributed by atoms with E-state index >= 15 is 8.78 Å². The molecule has 3 aliphatic rings. The van der Waals surface area contributed by atoms with E-state index in [4.69, 9.17) is 30.2 Å². The van der Waals surface area contributed by atoms with Crippen LogP contribution in [0.5, 0.6) is 11.8 Å². The number of nitrogens with two attached hydrogens (primary N) is 1. The fourth-order valence-corrected chi connectivity index (χ4v) is 8.07. The van der Waals surface area contributed by atoms with Gasteiger partial charge in [-0.3, -0.25) is 14.9 Å². The summed E-state index contributed by atoms with van der Waals surface area (Å²) in [7, 11) is -4.53. The van der Waals surface area contributed by atoms with Crippen LogP contribution in [0.1, 0.15) is 64.9 Å². The van der Waals surface area contributed by atoms with Crippen LogP contribution in [0.2, 0.25) is 0 Å². The third kappa shape index (κ3) is 7.29. The van der Waals surface area contributed by atoms with Gasteiger partial charge in [0.15, 0.2) is 11.6 Å². The molecule has 0 saturated carbocycles. The number of alkyl halides is 1. The predicted octanol–water partition coefficient (Wildman–Crippen LogP) is 5.78. The number of hydrazine groups is 1. The molecule has 2 aromatic heterocycles. The normalized spacial score (nSPS) is 20.9. The summed E-state index contributed by atoms with van der Waals surface area (Å²) in [5.74, 6) is 0.319. The molecule has 13 nitrogen and oxygen atoms in total. The van der Waals surface area contributed by atoms with Crippen LogP contribution in [0.3, 0.4) is 0 Å². The molecule has 3 aliphatic heterocycles. The maximum atomic E-state index is 17.3. The predicted molar refractivity (Wildman–Crippen MR) is 195 cm³/mol. The molecule has 0 radical (unpaired) electrons. The second-order valence-corrected chi connectivity index (χ2v) is 16.0. The molecule has 2 atom stereocenters. The van der Waals surface area contributed by atoms with Gasteiger partial charge in [-0.1, -0.05) is 12.0 Å². The quantitative estimate of drug-likeness (QED) is 0.228. The lowest BCUT2D eigenvalue weighted by Crippen LogP contribution is -2.49. The van der Waals surface area contributed by atoms with Gasteiger partial charge in [0.25, 0.3) is 0 Å². The van der Waals surface area contributed by atoms with Gasteiger partial charge in [-0.05, 0) is 83.0 Å². The molecule has 0 unspecified atom stereocenters. The number of anilines is 1. The minimum atomic E-state index is -4.53. The number of hydrogen-bond donors (Lipinski definition) is 1. The van der Waals surface area contributed by atoms with E-state index in [9.17, 15) is 17.6 Å². The number of amides is 1.